The van der Waals surface area contributed by atoms with E-state index in [9.17, 15) is 16.8 Å². The van der Waals surface area contributed by atoms with E-state index in [0.29, 0.717) is 18.8 Å². The van der Waals surface area contributed by atoms with Crippen molar-refractivity contribution < 1.29 is 16.8 Å². The first kappa shape index (κ1) is 15.3. The number of benzene rings is 1. The van der Waals surface area contributed by atoms with Crippen LogP contribution in [0.1, 0.15) is 19.3 Å². The number of nitrogens with zero attached hydrogens (tertiary/aromatic N) is 1. The summed E-state index contributed by atoms with van der Waals surface area (Å²) in [7, 11) is -6.82. The Morgan fingerprint density at radius 1 is 0.950 bits per heavy atom. The van der Waals surface area contributed by atoms with Gasteiger partial charge >= 0.3 is 0 Å². The lowest BCUT2D eigenvalue weighted by Crippen LogP contribution is -2.35. The van der Waals surface area contributed by atoms with Crippen LogP contribution in [0.4, 0.5) is 5.69 Å². The van der Waals surface area contributed by atoms with Gasteiger partial charge in [0.05, 0.1) is 11.2 Å². The van der Waals surface area contributed by atoms with Crippen LogP contribution in [0.5, 0.6) is 0 Å². The lowest BCUT2D eigenvalue weighted by Gasteiger charge is -2.25. The second-order valence-corrected chi connectivity index (χ2v) is 8.55. The second-order valence-electron chi connectivity index (χ2n) is 4.86. The number of hydrogen-bond acceptors (Lipinski definition) is 4. The highest BCUT2D eigenvalue weighted by molar-refractivity contribution is 7.92. The fraction of sp³-hybridized carbons (Fsp3) is 0.500. The minimum absolute atomic E-state index is 0.193. The van der Waals surface area contributed by atoms with Crippen molar-refractivity contribution in [1.29, 1.82) is 0 Å². The maximum absolute atomic E-state index is 12.4. The molecule has 1 aliphatic heterocycles. The Hall–Kier alpha value is -1.12. The molecule has 0 atom stereocenters. The Balaban J connectivity index is 2.20. The molecule has 1 aromatic carbocycles. The average Bonchev–Trinajstić information content (AvgIpc) is 2.38. The van der Waals surface area contributed by atoms with Crippen molar-refractivity contribution in [3.63, 3.8) is 0 Å². The van der Waals surface area contributed by atoms with Crippen LogP contribution in [0, 0.1) is 0 Å². The maximum Gasteiger partial charge on any atom is 0.243 e. The van der Waals surface area contributed by atoms with Crippen molar-refractivity contribution in [2.24, 2.45) is 0 Å². The van der Waals surface area contributed by atoms with Crippen LogP contribution in [0.3, 0.4) is 0 Å². The minimum Gasteiger partial charge on any atom is -0.284 e. The van der Waals surface area contributed by atoms with Crippen LogP contribution in [-0.4, -0.2) is 40.5 Å². The second kappa shape index (κ2) is 5.71. The van der Waals surface area contributed by atoms with Crippen LogP contribution in [0.15, 0.2) is 29.2 Å². The first-order chi connectivity index (χ1) is 9.29. The Labute approximate surface area is 119 Å². The molecule has 0 unspecified atom stereocenters. The molecule has 1 fully saturated rings. The number of sulfonamides is 2. The van der Waals surface area contributed by atoms with Gasteiger partial charge < -0.3 is 0 Å². The van der Waals surface area contributed by atoms with Crippen LogP contribution < -0.4 is 4.72 Å². The van der Waals surface area contributed by atoms with Crippen molar-refractivity contribution in [2.75, 3.05) is 24.1 Å². The number of piperidine rings is 1. The first-order valence-corrected chi connectivity index (χ1v) is 9.70. The standard InChI is InChI=1S/C12H18N2O4S2/c1-19(15,16)13-11-5-7-12(8-6-11)20(17,18)14-9-3-2-4-10-14/h5-8,13H,2-4,9-10H2,1H3. The smallest absolute Gasteiger partial charge is 0.243 e. The molecule has 0 bridgehead atoms. The molecule has 0 saturated carbocycles. The third-order valence-electron chi connectivity index (χ3n) is 3.11. The van der Waals surface area contributed by atoms with Crippen LogP contribution in [0.25, 0.3) is 0 Å². The lowest BCUT2D eigenvalue weighted by atomic mass is 10.2. The normalized spacial score (nSPS) is 17.9. The van der Waals surface area contributed by atoms with Crippen molar-refractivity contribution in [3.05, 3.63) is 24.3 Å². The molecule has 2 rings (SSSR count). The van der Waals surface area contributed by atoms with Gasteiger partial charge in [0.1, 0.15) is 0 Å². The fourth-order valence-electron chi connectivity index (χ4n) is 2.16. The van der Waals surface area contributed by atoms with Crippen molar-refractivity contribution in [2.45, 2.75) is 24.2 Å². The predicted molar refractivity (Wildman–Crippen MR) is 77.5 cm³/mol. The van der Waals surface area contributed by atoms with E-state index >= 15 is 0 Å². The molecule has 1 saturated heterocycles. The molecular formula is C12H18N2O4S2. The summed E-state index contributed by atoms with van der Waals surface area (Å²) in [5, 5.41) is 0. The zero-order valence-electron chi connectivity index (χ0n) is 11.2. The number of anilines is 1. The molecule has 1 aromatic rings. The van der Waals surface area contributed by atoms with Crippen LogP contribution >= 0.6 is 0 Å². The fourth-order valence-corrected chi connectivity index (χ4v) is 4.24. The Morgan fingerprint density at radius 3 is 2.00 bits per heavy atom. The molecule has 0 aliphatic carbocycles. The highest BCUT2D eigenvalue weighted by atomic mass is 32.2. The number of hydrogen-bond donors (Lipinski definition) is 1. The molecule has 0 aromatic heterocycles. The SMILES string of the molecule is CS(=O)(=O)Nc1ccc(S(=O)(=O)N2CCCCC2)cc1. The zero-order chi connectivity index (χ0) is 14.8. The molecule has 112 valence electrons. The van der Waals surface area contributed by atoms with E-state index in [1.807, 2.05) is 0 Å². The minimum atomic E-state index is -3.47. The highest BCUT2D eigenvalue weighted by Gasteiger charge is 2.25. The average molecular weight is 318 g/mol. The molecular weight excluding hydrogens is 300 g/mol. The van der Waals surface area contributed by atoms with E-state index in [1.165, 1.54) is 28.6 Å². The van der Waals surface area contributed by atoms with Gasteiger partial charge in [0.15, 0.2) is 0 Å². The monoisotopic (exact) mass is 318 g/mol. The summed E-state index contributed by atoms with van der Waals surface area (Å²) >= 11 is 0. The van der Waals surface area contributed by atoms with Crippen LogP contribution in [0.2, 0.25) is 0 Å². The topological polar surface area (TPSA) is 83.5 Å². The van der Waals surface area contributed by atoms with Crippen molar-refractivity contribution in [1.82, 2.24) is 4.31 Å². The number of rotatable bonds is 4. The van der Waals surface area contributed by atoms with Gasteiger partial charge in [0.25, 0.3) is 0 Å². The summed E-state index contributed by atoms with van der Waals surface area (Å²) in [4.78, 5) is 0.193. The van der Waals surface area contributed by atoms with E-state index in [-0.39, 0.29) is 4.90 Å². The van der Waals surface area contributed by atoms with Gasteiger partial charge in [-0.1, -0.05) is 6.42 Å². The van der Waals surface area contributed by atoms with E-state index in [1.54, 1.807) is 0 Å². The molecule has 0 radical (unpaired) electrons. The van der Waals surface area contributed by atoms with Crippen molar-refractivity contribution >= 4 is 25.7 Å². The third kappa shape index (κ3) is 3.71. The van der Waals surface area contributed by atoms with Gasteiger partial charge in [-0.3, -0.25) is 4.72 Å². The van der Waals surface area contributed by atoms with Gasteiger partial charge in [-0.05, 0) is 37.1 Å². The molecule has 8 heteroatoms. The molecule has 20 heavy (non-hydrogen) atoms. The van der Waals surface area contributed by atoms with Crippen LogP contribution in [-0.2, 0) is 20.0 Å². The molecule has 1 heterocycles. The van der Waals surface area contributed by atoms with E-state index in [0.717, 1.165) is 25.5 Å². The lowest BCUT2D eigenvalue weighted by molar-refractivity contribution is 0.346. The molecule has 1 aliphatic rings. The summed E-state index contributed by atoms with van der Waals surface area (Å²) < 4.78 is 50.7. The quantitative estimate of drug-likeness (QED) is 0.905. The summed E-state index contributed by atoms with van der Waals surface area (Å²) in [5.74, 6) is 0. The van der Waals surface area contributed by atoms with Gasteiger partial charge in [0, 0.05) is 18.8 Å². The van der Waals surface area contributed by atoms with Gasteiger partial charge in [-0.15, -0.1) is 0 Å². The van der Waals surface area contributed by atoms with Gasteiger partial charge in [0.2, 0.25) is 20.0 Å². The summed E-state index contributed by atoms with van der Waals surface area (Å²) in [6, 6.07) is 5.77. The maximum atomic E-state index is 12.4. The highest BCUT2D eigenvalue weighted by Crippen LogP contribution is 2.22. The molecule has 1 N–H and O–H groups in total. The van der Waals surface area contributed by atoms with Crippen molar-refractivity contribution in [3.8, 4) is 0 Å². The molecule has 6 nitrogen and oxygen atoms in total. The zero-order valence-corrected chi connectivity index (χ0v) is 12.9. The van der Waals surface area contributed by atoms with E-state index < -0.39 is 20.0 Å². The third-order valence-corrected chi connectivity index (χ3v) is 5.63. The largest absolute Gasteiger partial charge is 0.284 e. The van der Waals surface area contributed by atoms with E-state index in [2.05, 4.69) is 4.72 Å². The molecule has 0 spiro atoms. The summed E-state index contributed by atoms with van der Waals surface area (Å²) in [6.45, 7) is 1.09. The number of nitrogens with one attached hydrogen (secondary N) is 1. The first-order valence-electron chi connectivity index (χ1n) is 6.37. The Kier molecular flexibility index (Phi) is 4.36. The predicted octanol–water partition coefficient (Wildman–Crippen LogP) is 1.23. The van der Waals surface area contributed by atoms with Gasteiger partial charge in [-0.2, -0.15) is 4.31 Å². The Morgan fingerprint density at radius 2 is 1.50 bits per heavy atom. The van der Waals surface area contributed by atoms with Gasteiger partial charge in [-0.25, -0.2) is 16.8 Å². The summed E-state index contributed by atoms with van der Waals surface area (Å²) in [6.07, 6.45) is 3.87. The van der Waals surface area contributed by atoms with E-state index in [4.69, 9.17) is 0 Å². The Bertz CT molecular complexity index is 660. The molecule has 0 amide bonds. The summed E-state index contributed by atoms with van der Waals surface area (Å²) in [5.41, 5.74) is 0.352.